The lowest BCUT2D eigenvalue weighted by atomic mass is 10.1. The zero-order chi connectivity index (χ0) is 15.9. The van der Waals surface area contributed by atoms with Gasteiger partial charge in [-0.2, -0.15) is 0 Å². The summed E-state index contributed by atoms with van der Waals surface area (Å²) < 4.78 is 0. The highest BCUT2D eigenvalue weighted by molar-refractivity contribution is 5.95. The fourth-order valence-electron chi connectivity index (χ4n) is 2.73. The second-order valence-corrected chi connectivity index (χ2v) is 5.62. The Hall–Kier alpha value is -2.11. The van der Waals surface area contributed by atoms with Crippen molar-refractivity contribution in [3.63, 3.8) is 0 Å². The molecule has 2 rings (SSSR count). The average Bonchev–Trinajstić information content (AvgIpc) is 2.81. The summed E-state index contributed by atoms with van der Waals surface area (Å²) in [6.45, 7) is 4.20. The third-order valence-electron chi connectivity index (χ3n) is 3.92. The smallest absolute Gasteiger partial charge is 0.293 e. The molecule has 1 N–H and O–H groups in total. The Kier molecular flexibility index (Phi) is 5.75. The molecule has 1 amide bonds. The Morgan fingerprint density at radius 3 is 2.55 bits per heavy atom. The van der Waals surface area contributed by atoms with E-state index in [0.29, 0.717) is 17.8 Å². The molecule has 0 atom stereocenters. The summed E-state index contributed by atoms with van der Waals surface area (Å²) in [5, 5.41) is 14.1. The molecule has 1 saturated heterocycles. The fourth-order valence-corrected chi connectivity index (χ4v) is 2.73. The van der Waals surface area contributed by atoms with Crippen LogP contribution >= 0.6 is 0 Å². The van der Waals surface area contributed by atoms with E-state index in [9.17, 15) is 14.9 Å². The summed E-state index contributed by atoms with van der Waals surface area (Å²) in [5.41, 5.74) is 0.990. The lowest BCUT2D eigenvalue weighted by Gasteiger charge is -2.22. The zero-order valence-corrected chi connectivity index (χ0v) is 13.0. The van der Waals surface area contributed by atoms with Crippen LogP contribution in [-0.2, 0) is 0 Å². The summed E-state index contributed by atoms with van der Waals surface area (Å²) >= 11 is 0. The molecule has 0 radical (unpaired) electrons. The van der Waals surface area contributed by atoms with Crippen LogP contribution in [0.3, 0.4) is 0 Å². The van der Waals surface area contributed by atoms with E-state index in [1.54, 1.807) is 12.1 Å². The second-order valence-electron chi connectivity index (χ2n) is 5.62. The highest BCUT2D eigenvalue weighted by Gasteiger charge is 2.22. The van der Waals surface area contributed by atoms with Crippen LogP contribution in [0.5, 0.6) is 0 Å². The molecule has 22 heavy (non-hydrogen) atoms. The van der Waals surface area contributed by atoms with E-state index in [4.69, 9.17) is 0 Å². The number of rotatable bonds is 5. The lowest BCUT2D eigenvalue weighted by Crippen LogP contribution is -2.26. The van der Waals surface area contributed by atoms with Crippen LogP contribution in [-0.4, -0.2) is 30.5 Å². The van der Waals surface area contributed by atoms with Gasteiger partial charge in [0.1, 0.15) is 5.69 Å². The van der Waals surface area contributed by atoms with Gasteiger partial charge in [-0.15, -0.1) is 0 Å². The normalized spacial score (nSPS) is 15.2. The molecule has 1 fully saturated rings. The van der Waals surface area contributed by atoms with Gasteiger partial charge >= 0.3 is 0 Å². The first-order valence-electron chi connectivity index (χ1n) is 7.95. The third-order valence-corrected chi connectivity index (χ3v) is 3.92. The van der Waals surface area contributed by atoms with Crippen molar-refractivity contribution in [2.24, 2.45) is 0 Å². The standard InChI is InChI=1S/C16H23N3O3/c1-2-9-17-16(20)13-7-8-14(15(12-13)19(21)22)18-10-5-3-4-6-11-18/h7-8,12H,2-6,9-11H2,1H3,(H,17,20). The molecule has 0 spiro atoms. The molecule has 1 aliphatic heterocycles. The molecule has 0 bridgehead atoms. The van der Waals surface area contributed by atoms with E-state index in [1.165, 1.54) is 18.9 Å². The van der Waals surface area contributed by atoms with Crippen molar-refractivity contribution in [2.75, 3.05) is 24.5 Å². The van der Waals surface area contributed by atoms with E-state index in [2.05, 4.69) is 10.2 Å². The average molecular weight is 305 g/mol. The fraction of sp³-hybridized carbons (Fsp3) is 0.562. The molecule has 6 nitrogen and oxygen atoms in total. The first kappa shape index (κ1) is 16.3. The molecule has 1 aromatic carbocycles. The lowest BCUT2D eigenvalue weighted by molar-refractivity contribution is -0.384. The van der Waals surface area contributed by atoms with Gasteiger partial charge in [0.05, 0.1) is 4.92 Å². The maximum absolute atomic E-state index is 12.0. The number of anilines is 1. The number of nitro benzene ring substituents is 1. The summed E-state index contributed by atoms with van der Waals surface area (Å²) in [7, 11) is 0. The van der Waals surface area contributed by atoms with Gasteiger partial charge in [0.15, 0.2) is 0 Å². The van der Waals surface area contributed by atoms with Crippen LogP contribution in [0, 0.1) is 10.1 Å². The topological polar surface area (TPSA) is 75.5 Å². The van der Waals surface area contributed by atoms with E-state index < -0.39 is 4.92 Å². The van der Waals surface area contributed by atoms with Gasteiger partial charge in [0.25, 0.3) is 11.6 Å². The van der Waals surface area contributed by atoms with E-state index in [-0.39, 0.29) is 11.6 Å². The number of nitro groups is 1. The van der Waals surface area contributed by atoms with Crippen molar-refractivity contribution in [3.8, 4) is 0 Å². The largest absolute Gasteiger partial charge is 0.366 e. The molecule has 0 aliphatic carbocycles. The van der Waals surface area contributed by atoms with Crippen molar-refractivity contribution in [2.45, 2.75) is 39.0 Å². The van der Waals surface area contributed by atoms with Gasteiger partial charge in [-0.05, 0) is 31.4 Å². The summed E-state index contributed by atoms with van der Waals surface area (Å²) in [4.78, 5) is 25.0. The molecule has 0 aromatic heterocycles. The molecule has 1 aromatic rings. The number of amides is 1. The zero-order valence-electron chi connectivity index (χ0n) is 13.0. The Balaban J connectivity index is 2.26. The minimum absolute atomic E-state index is 0.0195. The summed E-state index contributed by atoms with van der Waals surface area (Å²) in [6, 6.07) is 4.79. The third kappa shape index (κ3) is 3.96. The van der Waals surface area contributed by atoms with Gasteiger partial charge in [-0.3, -0.25) is 14.9 Å². The molecule has 1 aliphatic rings. The summed E-state index contributed by atoms with van der Waals surface area (Å²) in [6.07, 6.45) is 5.27. The van der Waals surface area contributed by atoms with Crippen LogP contribution in [0.25, 0.3) is 0 Å². The van der Waals surface area contributed by atoms with Crippen molar-refractivity contribution in [3.05, 3.63) is 33.9 Å². The Morgan fingerprint density at radius 1 is 1.27 bits per heavy atom. The SMILES string of the molecule is CCCNC(=O)c1ccc(N2CCCCCC2)c([N+](=O)[O-])c1. The van der Waals surface area contributed by atoms with Crippen LogP contribution in [0.4, 0.5) is 11.4 Å². The van der Waals surface area contributed by atoms with Crippen LogP contribution in [0.15, 0.2) is 18.2 Å². The quantitative estimate of drug-likeness (QED) is 0.670. The predicted molar refractivity (Wildman–Crippen MR) is 86.4 cm³/mol. The van der Waals surface area contributed by atoms with Crippen molar-refractivity contribution in [1.29, 1.82) is 0 Å². The predicted octanol–water partition coefficient (Wildman–Crippen LogP) is 3.12. The van der Waals surface area contributed by atoms with Crippen molar-refractivity contribution < 1.29 is 9.72 Å². The first-order valence-corrected chi connectivity index (χ1v) is 7.95. The molecule has 0 unspecified atom stereocenters. The second kappa shape index (κ2) is 7.77. The maximum Gasteiger partial charge on any atom is 0.293 e. The Labute approximate surface area is 130 Å². The van der Waals surface area contributed by atoms with Gasteiger partial charge in [0, 0.05) is 31.3 Å². The Morgan fingerprint density at radius 2 is 1.95 bits per heavy atom. The first-order chi connectivity index (χ1) is 10.6. The molecule has 6 heteroatoms. The van der Waals surface area contributed by atoms with Gasteiger partial charge in [-0.25, -0.2) is 0 Å². The molecule has 0 saturated carbocycles. The molecule has 120 valence electrons. The number of benzene rings is 1. The molecule has 1 heterocycles. The number of hydrogen-bond donors (Lipinski definition) is 1. The van der Waals surface area contributed by atoms with Crippen LogP contribution < -0.4 is 10.2 Å². The summed E-state index contributed by atoms with van der Waals surface area (Å²) in [5.74, 6) is -0.257. The maximum atomic E-state index is 12.0. The van der Waals surface area contributed by atoms with Gasteiger partial charge in [0.2, 0.25) is 0 Å². The van der Waals surface area contributed by atoms with E-state index in [0.717, 1.165) is 32.4 Å². The highest BCUT2D eigenvalue weighted by atomic mass is 16.6. The number of nitrogens with one attached hydrogen (secondary N) is 1. The number of hydrogen-bond acceptors (Lipinski definition) is 4. The molecular formula is C16H23N3O3. The number of carbonyl (C=O) groups is 1. The van der Waals surface area contributed by atoms with Crippen molar-refractivity contribution >= 4 is 17.3 Å². The van der Waals surface area contributed by atoms with E-state index in [1.807, 2.05) is 6.92 Å². The Bertz CT molecular complexity index is 537. The van der Waals surface area contributed by atoms with Gasteiger partial charge in [-0.1, -0.05) is 19.8 Å². The van der Waals surface area contributed by atoms with Gasteiger partial charge < -0.3 is 10.2 Å². The highest BCUT2D eigenvalue weighted by Crippen LogP contribution is 2.31. The van der Waals surface area contributed by atoms with Crippen LogP contribution in [0.1, 0.15) is 49.4 Å². The van der Waals surface area contributed by atoms with Crippen LogP contribution in [0.2, 0.25) is 0 Å². The molecular weight excluding hydrogens is 282 g/mol. The minimum atomic E-state index is -0.392. The van der Waals surface area contributed by atoms with E-state index >= 15 is 0 Å². The monoisotopic (exact) mass is 305 g/mol. The minimum Gasteiger partial charge on any atom is -0.366 e. The van der Waals surface area contributed by atoms with Crippen molar-refractivity contribution in [1.82, 2.24) is 5.32 Å². The number of nitrogens with zero attached hydrogens (tertiary/aromatic N) is 2. The number of carbonyl (C=O) groups excluding carboxylic acids is 1.